The Hall–Kier alpha value is -3.33. The van der Waals surface area contributed by atoms with Crippen molar-refractivity contribution >= 4 is 41.9 Å². The molecule has 0 saturated carbocycles. The van der Waals surface area contributed by atoms with Gasteiger partial charge >= 0.3 is 6.98 Å². The van der Waals surface area contributed by atoms with Crippen molar-refractivity contribution in [1.29, 1.82) is 0 Å². The number of hydrogen-bond donors (Lipinski definition) is 2. The second-order valence-corrected chi connectivity index (χ2v) is 10.4. The van der Waals surface area contributed by atoms with E-state index in [2.05, 4.69) is 46.4 Å². The monoisotopic (exact) mass is 491 g/mol. The number of aromatic nitrogens is 3. The number of nitrogens with zero attached hydrogens (tertiary/aromatic N) is 3. The number of anilines is 1. The summed E-state index contributed by atoms with van der Waals surface area (Å²) in [6.07, 6.45) is 4.43. The maximum Gasteiger partial charge on any atom is 0.373 e. The van der Waals surface area contributed by atoms with E-state index in [4.69, 9.17) is 20.6 Å². The van der Waals surface area contributed by atoms with Crippen molar-refractivity contribution in [1.82, 2.24) is 15.0 Å². The second-order valence-electron chi connectivity index (χ2n) is 8.28. The van der Waals surface area contributed by atoms with Crippen molar-refractivity contribution in [3.63, 3.8) is 0 Å². The first-order valence-electron chi connectivity index (χ1n) is 11.4. The lowest BCUT2D eigenvalue weighted by Crippen LogP contribution is -2.51. The van der Waals surface area contributed by atoms with Crippen LogP contribution in [0.25, 0.3) is 22.8 Å². The molecular formula is C27H22BN5S2. The minimum atomic E-state index is -0.472. The van der Waals surface area contributed by atoms with E-state index >= 15 is 0 Å². The Kier molecular flexibility index (Phi) is 6.16. The van der Waals surface area contributed by atoms with Crippen LogP contribution in [-0.4, -0.2) is 21.9 Å². The molecule has 35 heavy (non-hydrogen) atoms. The first-order valence-corrected chi connectivity index (χ1v) is 13.3. The maximum absolute atomic E-state index is 6.86. The molecule has 0 radical (unpaired) electrons. The van der Waals surface area contributed by atoms with E-state index in [1.165, 1.54) is 11.1 Å². The Balaban J connectivity index is 1.41. The average Bonchev–Trinajstić information content (AvgIpc) is 2.83. The number of rotatable bonds is 7. The fourth-order valence-corrected chi connectivity index (χ4v) is 5.54. The third-order valence-electron chi connectivity index (χ3n) is 6.04. The summed E-state index contributed by atoms with van der Waals surface area (Å²) >= 11 is 3.62. The quantitative estimate of drug-likeness (QED) is 0.327. The molecule has 2 aliphatic rings. The summed E-state index contributed by atoms with van der Waals surface area (Å²) in [7, 11) is 0. The molecule has 0 amide bonds. The Labute approximate surface area is 213 Å². The van der Waals surface area contributed by atoms with Gasteiger partial charge in [-0.15, -0.1) is 23.5 Å². The van der Waals surface area contributed by atoms with Gasteiger partial charge in [0.25, 0.3) is 0 Å². The number of hydrogen-bond acceptors (Lipinski definition) is 7. The SMILES string of the molecule is NB(Nc1nc(-c2ccccc2)nc(-c2ccccc2)n1)c1c(C2C=CS2)cccc1C1C=CS1. The van der Waals surface area contributed by atoms with Crippen LogP contribution in [-0.2, 0) is 0 Å². The lowest BCUT2D eigenvalue weighted by atomic mass is 9.64. The van der Waals surface area contributed by atoms with Crippen LogP contribution in [0.15, 0.2) is 102 Å². The third-order valence-corrected chi connectivity index (χ3v) is 8.08. The molecule has 0 bridgehead atoms. The van der Waals surface area contributed by atoms with Gasteiger partial charge in [0, 0.05) is 11.1 Å². The largest absolute Gasteiger partial charge is 0.379 e. The van der Waals surface area contributed by atoms with Crippen molar-refractivity contribution in [3.05, 3.63) is 113 Å². The lowest BCUT2D eigenvalue weighted by Gasteiger charge is -2.28. The van der Waals surface area contributed by atoms with E-state index in [0.29, 0.717) is 28.1 Å². The van der Waals surface area contributed by atoms with Crippen LogP contribution in [0, 0.1) is 0 Å². The van der Waals surface area contributed by atoms with Gasteiger partial charge in [-0.3, -0.25) is 0 Å². The van der Waals surface area contributed by atoms with Gasteiger partial charge in [0.1, 0.15) is 0 Å². The zero-order valence-corrected chi connectivity index (χ0v) is 20.4. The van der Waals surface area contributed by atoms with Crippen molar-refractivity contribution in [2.24, 2.45) is 5.64 Å². The predicted molar refractivity (Wildman–Crippen MR) is 149 cm³/mol. The van der Waals surface area contributed by atoms with E-state index in [9.17, 15) is 0 Å². The van der Waals surface area contributed by atoms with Crippen LogP contribution in [0.4, 0.5) is 5.95 Å². The van der Waals surface area contributed by atoms with Gasteiger partial charge in [-0.2, -0.15) is 9.97 Å². The first kappa shape index (κ1) is 22.2. The van der Waals surface area contributed by atoms with Crippen LogP contribution in [0.3, 0.4) is 0 Å². The molecule has 0 aliphatic carbocycles. The van der Waals surface area contributed by atoms with E-state index in [-0.39, 0.29) is 0 Å². The van der Waals surface area contributed by atoms with Gasteiger partial charge in [-0.1, -0.05) is 91.0 Å². The van der Waals surface area contributed by atoms with Crippen LogP contribution in [0.5, 0.6) is 0 Å². The molecule has 5 nitrogen and oxygen atoms in total. The molecule has 3 aromatic carbocycles. The normalized spacial score (nSPS) is 18.0. The van der Waals surface area contributed by atoms with Crippen molar-refractivity contribution in [2.75, 3.05) is 5.23 Å². The number of benzene rings is 3. The molecular weight excluding hydrogens is 469 g/mol. The highest BCUT2D eigenvalue weighted by atomic mass is 32.2. The molecule has 4 aromatic rings. The van der Waals surface area contributed by atoms with Gasteiger partial charge in [0.05, 0.1) is 10.5 Å². The Morgan fingerprint density at radius 1 is 0.657 bits per heavy atom. The minimum Gasteiger partial charge on any atom is -0.379 e. The van der Waals surface area contributed by atoms with E-state index < -0.39 is 6.98 Å². The van der Waals surface area contributed by atoms with Crippen molar-refractivity contribution < 1.29 is 0 Å². The molecule has 6 rings (SSSR count). The Morgan fingerprint density at radius 3 is 1.57 bits per heavy atom. The van der Waals surface area contributed by atoms with Crippen molar-refractivity contribution in [3.8, 4) is 22.8 Å². The lowest BCUT2D eigenvalue weighted by molar-refractivity contribution is 1.08. The highest BCUT2D eigenvalue weighted by Gasteiger charge is 2.30. The summed E-state index contributed by atoms with van der Waals surface area (Å²) in [6, 6.07) is 26.4. The third kappa shape index (κ3) is 4.52. The molecule has 0 fully saturated rings. The van der Waals surface area contributed by atoms with Crippen LogP contribution < -0.4 is 16.3 Å². The first-order chi connectivity index (χ1) is 17.3. The minimum absolute atomic E-state index is 0.310. The van der Waals surface area contributed by atoms with E-state index in [0.717, 1.165) is 16.6 Å². The zero-order valence-electron chi connectivity index (χ0n) is 18.8. The molecule has 0 saturated heterocycles. The van der Waals surface area contributed by atoms with Gasteiger partial charge in [-0.05, 0) is 27.4 Å². The Bertz CT molecular complexity index is 1320. The molecule has 8 heteroatoms. The summed E-state index contributed by atoms with van der Waals surface area (Å²) < 4.78 is 0. The summed E-state index contributed by atoms with van der Waals surface area (Å²) in [5.74, 6) is 1.68. The van der Waals surface area contributed by atoms with E-state index in [1.54, 1.807) is 0 Å². The Morgan fingerprint density at radius 2 is 1.14 bits per heavy atom. The average molecular weight is 491 g/mol. The number of thioether (sulfide) groups is 2. The summed E-state index contributed by atoms with van der Waals surface area (Å²) in [5.41, 5.74) is 12.3. The highest BCUT2D eigenvalue weighted by Crippen LogP contribution is 2.42. The molecule has 170 valence electrons. The molecule has 2 atom stereocenters. The summed E-state index contributed by atoms with van der Waals surface area (Å²) in [6.45, 7) is -0.472. The molecule has 3 heterocycles. The fraction of sp³-hybridized carbons (Fsp3) is 0.0741. The van der Waals surface area contributed by atoms with Crippen LogP contribution in [0.2, 0.25) is 0 Å². The molecule has 3 N–H and O–H groups in total. The smallest absolute Gasteiger partial charge is 0.373 e. The second kappa shape index (κ2) is 9.74. The van der Waals surface area contributed by atoms with Gasteiger partial charge < -0.3 is 10.9 Å². The topological polar surface area (TPSA) is 76.7 Å². The van der Waals surface area contributed by atoms with Gasteiger partial charge in [-0.25, -0.2) is 4.98 Å². The summed E-state index contributed by atoms with van der Waals surface area (Å²) in [5, 5.41) is 8.29. The number of nitrogens with two attached hydrogens (primary N) is 1. The highest BCUT2D eigenvalue weighted by molar-refractivity contribution is 8.04. The van der Waals surface area contributed by atoms with E-state index in [1.807, 2.05) is 84.2 Å². The molecule has 2 aliphatic heterocycles. The maximum atomic E-state index is 6.86. The van der Waals surface area contributed by atoms with Gasteiger partial charge in [0.15, 0.2) is 11.6 Å². The molecule has 0 spiro atoms. The molecule has 1 aromatic heterocycles. The fourth-order valence-electron chi connectivity index (χ4n) is 4.21. The zero-order chi connectivity index (χ0) is 23.6. The number of nitrogens with one attached hydrogen (secondary N) is 1. The standard InChI is InChI=1S/C27H22BN5S2/c29-28(24-20(22-14-16-34-22)12-7-13-21(24)23-15-17-35-23)33-27-31-25(18-8-3-1-4-9-18)30-26(32-27)19-10-5-2-6-11-19/h1-17,22-23H,29H2,(H,30,31,32,33). The predicted octanol–water partition coefficient (Wildman–Crippen LogP) is 5.57. The van der Waals surface area contributed by atoms with Crippen molar-refractivity contribution in [2.45, 2.75) is 10.5 Å². The van der Waals surface area contributed by atoms with Crippen LogP contribution >= 0.6 is 23.5 Å². The summed E-state index contributed by atoms with van der Waals surface area (Å²) in [4.78, 5) is 14.3. The van der Waals surface area contributed by atoms with Crippen LogP contribution in [0.1, 0.15) is 21.6 Å². The van der Waals surface area contributed by atoms with Gasteiger partial charge in [0.2, 0.25) is 5.95 Å². The molecule has 2 unspecified atom stereocenters.